The van der Waals surface area contributed by atoms with E-state index in [1.165, 1.54) is 6.92 Å². The Morgan fingerprint density at radius 2 is 1.93 bits per heavy atom. The number of hydrogen-bond acceptors (Lipinski definition) is 5. The molecule has 1 aromatic carbocycles. The molecular weight excluding hydrogens is 231 g/mol. The maximum absolute atomic E-state index is 10.9. The van der Waals surface area contributed by atoms with Gasteiger partial charge in [-0.25, -0.2) is 0 Å². The molecule has 0 spiro atoms. The Labute approximate surface area is 128 Å². The molecule has 0 radical (unpaired) electrons. The van der Waals surface area contributed by atoms with Gasteiger partial charge in [-0.1, -0.05) is 12.1 Å². The molecule has 0 atom stereocenters. The third kappa shape index (κ3) is 5.01. The normalized spacial score (nSPS) is 9.29. The van der Waals surface area contributed by atoms with Crippen LogP contribution in [-0.4, -0.2) is 5.78 Å². The Hall–Kier alpha value is 0.756. The number of carbonyl (C=O) groups excluding carboxylic acids is 1. The van der Waals surface area contributed by atoms with E-state index in [4.69, 9.17) is 0 Å². The average molecular weight is 238 g/mol. The topological polar surface area (TPSA) is 58.6 Å². The quantitative estimate of drug-likeness (QED) is 0.202. The molecular formula is C8H7KO4S. The Kier molecular flexibility index (Phi) is 8.40. The maximum atomic E-state index is 10.9. The van der Waals surface area contributed by atoms with Crippen molar-refractivity contribution in [3.63, 3.8) is 0 Å². The first-order chi connectivity index (χ1) is 6.24. The van der Waals surface area contributed by atoms with Gasteiger partial charge in [-0.05, 0) is 19.1 Å². The van der Waals surface area contributed by atoms with Crippen molar-refractivity contribution >= 4 is 17.8 Å². The molecule has 1 aromatic rings. The smallest absolute Gasteiger partial charge is 0.691 e. The largest absolute Gasteiger partial charge is 1.00 e. The number of hydrogen-bond donors (Lipinski definition) is 0. The van der Waals surface area contributed by atoms with Crippen LogP contribution in [-0.2, 0) is 9.37 Å². The molecule has 0 heterocycles. The molecule has 70 valence electrons. The first-order valence-electron chi connectivity index (χ1n) is 3.48. The van der Waals surface area contributed by atoms with Crippen molar-refractivity contribution in [3.8, 4) is 0 Å². The van der Waals surface area contributed by atoms with E-state index < -0.39 is 0 Å². The van der Waals surface area contributed by atoms with Gasteiger partial charge in [0, 0.05) is 10.5 Å². The second kappa shape index (κ2) is 7.97. The fourth-order valence-electron chi connectivity index (χ4n) is 0.798. The van der Waals surface area contributed by atoms with E-state index >= 15 is 0 Å². The van der Waals surface area contributed by atoms with Crippen LogP contribution in [0, 0.1) is 0 Å². The van der Waals surface area contributed by atoms with E-state index in [1.54, 1.807) is 24.3 Å². The van der Waals surface area contributed by atoms with Crippen LogP contribution in [0.5, 0.6) is 0 Å². The third-order valence-corrected chi connectivity index (χ3v) is 2.01. The first-order valence-corrected chi connectivity index (χ1v) is 4.22. The molecule has 0 aliphatic rings. The minimum Gasteiger partial charge on any atom is -0.691 e. The number of carbonyl (C=O) groups is 1. The van der Waals surface area contributed by atoms with Gasteiger partial charge in [0.1, 0.15) is 0 Å². The van der Waals surface area contributed by atoms with E-state index in [2.05, 4.69) is 9.37 Å². The SMILES string of the molecule is CC(=O)c1ccc(SOO[O-])cc1.[K+]. The van der Waals surface area contributed by atoms with Gasteiger partial charge in [0.25, 0.3) is 0 Å². The van der Waals surface area contributed by atoms with Gasteiger partial charge >= 0.3 is 51.4 Å². The summed E-state index contributed by atoms with van der Waals surface area (Å²) in [6.45, 7) is 1.49. The van der Waals surface area contributed by atoms with Gasteiger partial charge in [0.2, 0.25) is 0 Å². The van der Waals surface area contributed by atoms with Crippen LogP contribution < -0.4 is 56.6 Å². The Bertz CT molecular complexity index is 288. The van der Waals surface area contributed by atoms with Gasteiger partial charge in [-0.15, -0.1) is 0 Å². The van der Waals surface area contributed by atoms with Crippen molar-refractivity contribution in [2.24, 2.45) is 0 Å². The van der Waals surface area contributed by atoms with Crippen molar-refractivity contribution in [1.82, 2.24) is 0 Å². The van der Waals surface area contributed by atoms with Gasteiger partial charge in [-0.3, -0.25) is 9.83 Å². The first kappa shape index (κ1) is 14.8. The standard InChI is InChI=1S/C8H8O4S.K/c1-6(9)7-2-4-8(5-3-7)13-12-11-10;/h2-5,10H,1H3;/q;+1/p-1. The molecule has 0 saturated carbocycles. The molecule has 1 rings (SSSR count). The second-order valence-corrected chi connectivity index (χ2v) is 3.07. The van der Waals surface area contributed by atoms with Gasteiger partial charge in [0.15, 0.2) is 5.78 Å². The minimum atomic E-state index is -0.00227. The Morgan fingerprint density at radius 3 is 2.36 bits per heavy atom. The summed E-state index contributed by atoms with van der Waals surface area (Å²) in [7, 11) is 0. The summed E-state index contributed by atoms with van der Waals surface area (Å²) >= 11 is 0.795. The van der Waals surface area contributed by atoms with Crippen LogP contribution in [0.3, 0.4) is 0 Å². The molecule has 0 amide bonds. The number of ketones is 1. The van der Waals surface area contributed by atoms with E-state index in [-0.39, 0.29) is 57.2 Å². The zero-order valence-corrected chi connectivity index (χ0v) is 11.8. The summed E-state index contributed by atoms with van der Waals surface area (Å²) < 4.78 is 4.10. The van der Waals surface area contributed by atoms with Crippen LogP contribution in [0.4, 0.5) is 0 Å². The second-order valence-electron chi connectivity index (χ2n) is 2.30. The summed E-state index contributed by atoms with van der Waals surface area (Å²) in [4.78, 5) is 11.6. The molecule has 0 saturated heterocycles. The predicted octanol–water partition coefficient (Wildman–Crippen LogP) is -1.88. The van der Waals surface area contributed by atoms with E-state index in [0.29, 0.717) is 10.5 Å². The van der Waals surface area contributed by atoms with Crippen LogP contribution in [0.15, 0.2) is 29.2 Å². The van der Waals surface area contributed by atoms with Gasteiger partial charge in [0.05, 0.1) is 12.0 Å². The summed E-state index contributed by atoms with van der Waals surface area (Å²) in [5.74, 6) is -0.00227. The summed E-state index contributed by atoms with van der Waals surface area (Å²) in [6, 6.07) is 6.64. The fourth-order valence-corrected chi connectivity index (χ4v) is 1.15. The number of benzene rings is 1. The maximum Gasteiger partial charge on any atom is 1.00 e. The molecule has 0 aliphatic heterocycles. The Morgan fingerprint density at radius 1 is 1.36 bits per heavy atom. The molecule has 14 heavy (non-hydrogen) atoms. The minimum absolute atomic E-state index is 0. The van der Waals surface area contributed by atoms with E-state index in [9.17, 15) is 10.1 Å². The molecule has 0 N–H and O–H groups in total. The molecule has 0 unspecified atom stereocenters. The average Bonchev–Trinajstić information content (AvgIpc) is 2.15. The number of rotatable bonds is 4. The Balaban J connectivity index is 0.00000169. The van der Waals surface area contributed by atoms with Crippen molar-refractivity contribution in [2.45, 2.75) is 11.8 Å². The molecule has 0 fully saturated rings. The van der Waals surface area contributed by atoms with Gasteiger partial charge < -0.3 is 5.26 Å². The molecule has 6 heteroatoms. The predicted molar refractivity (Wildman–Crippen MR) is 44.5 cm³/mol. The zero-order valence-electron chi connectivity index (χ0n) is 7.85. The molecule has 4 nitrogen and oxygen atoms in total. The van der Waals surface area contributed by atoms with Crippen LogP contribution in [0.25, 0.3) is 0 Å². The monoisotopic (exact) mass is 238 g/mol. The fraction of sp³-hybridized carbons (Fsp3) is 0.125. The van der Waals surface area contributed by atoms with Crippen molar-refractivity contribution in [3.05, 3.63) is 29.8 Å². The zero-order chi connectivity index (χ0) is 9.68. The summed E-state index contributed by atoms with van der Waals surface area (Å²) in [6.07, 6.45) is 0. The van der Waals surface area contributed by atoms with Crippen LogP contribution in [0.2, 0.25) is 0 Å². The third-order valence-electron chi connectivity index (χ3n) is 1.42. The molecule has 0 aromatic heterocycles. The van der Waals surface area contributed by atoms with E-state index in [0.717, 1.165) is 12.0 Å². The number of Topliss-reactive ketones (excluding diaryl/α,β-unsaturated/α-hetero) is 1. The van der Waals surface area contributed by atoms with Crippen molar-refractivity contribution in [1.29, 1.82) is 0 Å². The molecule has 0 bridgehead atoms. The van der Waals surface area contributed by atoms with Crippen molar-refractivity contribution in [2.75, 3.05) is 0 Å². The summed E-state index contributed by atoms with van der Waals surface area (Å²) in [5.41, 5.74) is 0.618. The van der Waals surface area contributed by atoms with Gasteiger partial charge in [-0.2, -0.15) is 4.33 Å². The van der Waals surface area contributed by atoms with Crippen LogP contribution >= 0.6 is 12.0 Å². The molecule has 0 aliphatic carbocycles. The van der Waals surface area contributed by atoms with E-state index in [1.807, 2.05) is 0 Å². The summed E-state index contributed by atoms with van der Waals surface area (Å²) in [5, 5.41) is 12.7. The van der Waals surface area contributed by atoms with Crippen LogP contribution in [0.1, 0.15) is 17.3 Å². The van der Waals surface area contributed by atoms with Crippen molar-refractivity contribution < 1.29 is 70.8 Å².